The SMILES string of the molecule is COCCCN(CCCn1cnc2cccc(-c3cncc(N[C@H]4C[C@@H](C(=O)O)N(C(=O)O)C4)n3)c21)C(=O)OC(C)(C)C. The van der Waals surface area contributed by atoms with Crippen LogP contribution in [0.1, 0.15) is 40.0 Å². The van der Waals surface area contributed by atoms with Gasteiger partial charge in [0.05, 0.1) is 35.4 Å². The zero-order chi connectivity index (χ0) is 31.1. The van der Waals surface area contributed by atoms with Crippen molar-refractivity contribution in [1.82, 2.24) is 29.3 Å². The van der Waals surface area contributed by atoms with Crippen LogP contribution in [0.4, 0.5) is 15.4 Å². The van der Waals surface area contributed by atoms with Crippen LogP contribution >= 0.6 is 0 Å². The van der Waals surface area contributed by atoms with Crippen LogP contribution in [0.2, 0.25) is 0 Å². The first-order chi connectivity index (χ1) is 20.5. The number of ether oxygens (including phenoxy) is 2. The molecule has 3 aromatic rings. The quantitative estimate of drug-likeness (QED) is 0.259. The van der Waals surface area contributed by atoms with Gasteiger partial charge >= 0.3 is 18.2 Å². The number of imidazole rings is 1. The summed E-state index contributed by atoms with van der Waals surface area (Å²) in [7, 11) is 1.63. The van der Waals surface area contributed by atoms with Crippen LogP contribution in [0.15, 0.2) is 36.9 Å². The van der Waals surface area contributed by atoms with Crippen molar-refractivity contribution in [2.24, 2.45) is 0 Å². The summed E-state index contributed by atoms with van der Waals surface area (Å²) in [5, 5.41) is 22.0. The Kier molecular flexibility index (Phi) is 10.0. The van der Waals surface area contributed by atoms with E-state index in [0.29, 0.717) is 50.6 Å². The molecule has 1 aliphatic heterocycles. The van der Waals surface area contributed by atoms with Gasteiger partial charge in [0.1, 0.15) is 17.5 Å². The summed E-state index contributed by atoms with van der Waals surface area (Å²) in [4.78, 5) is 52.1. The summed E-state index contributed by atoms with van der Waals surface area (Å²) in [6.45, 7) is 7.70. The number of fused-ring (bicyclic) bond motifs is 1. The van der Waals surface area contributed by atoms with Crippen LogP contribution in [-0.4, -0.2) is 109 Å². The maximum absolute atomic E-state index is 12.8. The molecular weight excluding hydrogens is 558 g/mol. The average molecular weight is 598 g/mol. The maximum Gasteiger partial charge on any atom is 0.410 e. The van der Waals surface area contributed by atoms with E-state index < -0.39 is 29.7 Å². The molecule has 1 aliphatic rings. The summed E-state index contributed by atoms with van der Waals surface area (Å²) in [5.74, 6) is -0.776. The number of benzene rings is 1. The molecule has 232 valence electrons. The van der Waals surface area contributed by atoms with E-state index in [4.69, 9.17) is 14.5 Å². The molecule has 1 fully saturated rings. The number of aromatic nitrogens is 4. The number of nitrogens with zero attached hydrogens (tertiary/aromatic N) is 6. The van der Waals surface area contributed by atoms with Gasteiger partial charge in [0.25, 0.3) is 0 Å². The molecule has 3 N–H and O–H groups in total. The Morgan fingerprint density at radius 2 is 1.91 bits per heavy atom. The van der Waals surface area contributed by atoms with Crippen molar-refractivity contribution >= 4 is 35.0 Å². The number of likely N-dealkylation sites (tertiary alicyclic amines) is 1. The molecule has 0 bridgehead atoms. The van der Waals surface area contributed by atoms with E-state index in [9.17, 15) is 24.6 Å². The largest absolute Gasteiger partial charge is 0.480 e. The van der Waals surface area contributed by atoms with Crippen LogP contribution in [-0.2, 0) is 20.8 Å². The fourth-order valence-electron chi connectivity index (χ4n) is 5.12. The fraction of sp³-hybridized carbons (Fsp3) is 0.517. The number of amides is 2. The molecule has 2 aromatic heterocycles. The molecule has 0 unspecified atom stereocenters. The van der Waals surface area contributed by atoms with Crippen molar-refractivity contribution in [3.63, 3.8) is 0 Å². The molecule has 43 heavy (non-hydrogen) atoms. The maximum atomic E-state index is 12.8. The van der Waals surface area contributed by atoms with Crippen LogP contribution in [0.3, 0.4) is 0 Å². The first-order valence-electron chi connectivity index (χ1n) is 14.2. The van der Waals surface area contributed by atoms with E-state index in [1.807, 2.05) is 43.5 Å². The number of carboxylic acids is 1. The molecule has 3 heterocycles. The van der Waals surface area contributed by atoms with Gasteiger partial charge in [-0.05, 0) is 39.7 Å². The Morgan fingerprint density at radius 1 is 1.14 bits per heavy atom. The van der Waals surface area contributed by atoms with Gasteiger partial charge in [-0.25, -0.2) is 24.4 Å². The number of hydrogen-bond acceptors (Lipinski definition) is 9. The zero-order valence-corrected chi connectivity index (χ0v) is 24.9. The second kappa shape index (κ2) is 13.7. The van der Waals surface area contributed by atoms with Crippen LogP contribution in [0, 0.1) is 0 Å². The van der Waals surface area contributed by atoms with Gasteiger partial charge in [0.2, 0.25) is 0 Å². The number of aliphatic carboxylic acids is 1. The normalized spacial score (nSPS) is 16.8. The molecule has 0 radical (unpaired) electrons. The lowest BCUT2D eigenvalue weighted by Crippen LogP contribution is -2.39. The zero-order valence-electron chi connectivity index (χ0n) is 24.9. The lowest BCUT2D eigenvalue weighted by Gasteiger charge is -2.27. The number of aryl methyl sites for hydroxylation is 1. The van der Waals surface area contributed by atoms with Gasteiger partial charge in [0, 0.05) is 57.9 Å². The van der Waals surface area contributed by atoms with Gasteiger partial charge in [-0.1, -0.05) is 12.1 Å². The summed E-state index contributed by atoms with van der Waals surface area (Å²) >= 11 is 0. The Bertz CT molecular complexity index is 1420. The highest BCUT2D eigenvalue weighted by atomic mass is 16.6. The molecule has 2 amide bonds. The number of anilines is 1. The molecule has 0 spiro atoms. The summed E-state index contributed by atoms with van der Waals surface area (Å²) in [6, 6.07) is 4.16. The van der Waals surface area contributed by atoms with Crippen molar-refractivity contribution in [2.75, 3.05) is 38.7 Å². The molecule has 0 saturated carbocycles. The highest BCUT2D eigenvalue weighted by molar-refractivity contribution is 5.91. The highest BCUT2D eigenvalue weighted by Gasteiger charge is 2.40. The summed E-state index contributed by atoms with van der Waals surface area (Å²) in [5.41, 5.74) is 2.43. The predicted octanol–water partition coefficient (Wildman–Crippen LogP) is 3.77. The highest BCUT2D eigenvalue weighted by Crippen LogP contribution is 2.28. The Balaban J connectivity index is 1.49. The minimum atomic E-state index is -1.28. The van der Waals surface area contributed by atoms with E-state index in [-0.39, 0.29) is 19.1 Å². The van der Waals surface area contributed by atoms with Crippen LogP contribution < -0.4 is 5.32 Å². The minimum Gasteiger partial charge on any atom is -0.480 e. The van der Waals surface area contributed by atoms with Gasteiger partial charge in [-0.2, -0.15) is 0 Å². The van der Waals surface area contributed by atoms with Crippen molar-refractivity contribution in [3.05, 3.63) is 36.9 Å². The molecular formula is C29H39N7O7. The first-order valence-corrected chi connectivity index (χ1v) is 14.2. The van der Waals surface area contributed by atoms with Gasteiger partial charge in [-0.3, -0.25) is 9.88 Å². The number of carbonyl (C=O) groups excluding carboxylic acids is 1. The molecule has 1 aromatic carbocycles. The molecule has 0 aliphatic carbocycles. The number of hydrogen-bond donors (Lipinski definition) is 3. The second-order valence-electron chi connectivity index (χ2n) is 11.4. The standard InChI is InChI=1S/C29H39N7O7/c1-29(2,3)43-28(41)34(12-7-13-42-4)10-6-11-35-18-31-21-9-5-8-20(25(21)35)22-15-30-16-24(33-22)32-19-14-23(26(37)38)36(17-19)27(39)40/h5,8-9,15-16,18-19,23H,6-7,10-14,17H2,1-4H3,(H,32,33)(H,37,38)(H,39,40)/t19-,23-/m0/s1. The monoisotopic (exact) mass is 597 g/mol. The number of carboxylic acid groups (broad SMARTS) is 2. The first kappa shape index (κ1) is 31.5. The Morgan fingerprint density at radius 3 is 2.58 bits per heavy atom. The number of methoxy groups -OCH3 is 1. The molecule has 2 atom stereocenters. The number of carbonyl (C=O) groups is 3. The third kappa shape index (κ3) is 8.09. The lowest BCUT2D eigenvalue weighted by atomic mass is 10.1. The Labute approximate surface area is 249 Å². The average Bonchev–Trinajstić information content (AvgIpc) is 3.56. The number of rotatable bonds is 12. The third-order valence-corrected chi connectivity index (χ3v) is 6.99. The third-order valence-electron chi connectivity index (χ3n) is 6.99. The van der Waals surface area contributed by atoms with Gasteiger partial charge < -0.3 is 34.5 Å². The van der Waals surface area contributed by atoms with Crippen molar-refractivity contribution in [1.29, 1.82) is 0 Å². The van der Waals surface area contributed by atoms with E-state index in [1.54, 1.807) is 24.5 Å². The van der Waals surface area contributed by atoms with E-state index in [0.717, 1.165) is 21.5 Å². The van der Waals surface area contributed by atoms with E-state index in [2.05, 4.69) is 15.3 Å². The smallest absolute Gasteiger partial charge is 0.410 e. The Hall–Kier alpha value is -4.46. The summed E-state index contributed by atoms with van der Waals surface area (Å²) in [6.07, 6.45) is 4.75. The second-order valence-corrected chi connectivity index (χ2v) is 11.4. The summed E-state index contributed by atoms with van der Waals surface area (Å²) < 4.78 is 12.8. The molecule has 4 rings (SSSR count). The van der Waals surface area contributed by atoms with E-state index in [1.165, 1.54) is 6.20 Å². The number of nitrogens with one attached hydrogen (secondary N) is 1. The van der Waals surface area contributed by atoms with Crippen molar-refractivity contribution in [2.45, 2.75) is 64.3 Å². The molecule has 14 heteroatoms. The van der Waals surface area contributed by atoms with Crippen molar-refractivity contribution < 1.29 is 34.1 Å². The predicted molar refractivity (Wildman–Crippen MR) is 158 cm³/mol. The topological polar surface area (TPSA) is 172 Å². The van der Waals surface area contributed by atoms with Crippen LogP contribution in [0.5, 0.6) is 0 Å². The van der Waals surface area contributed by atoms with Gasteiger partial charge in [-0.15, -0.1) is 0 Å². The fourth-order valence-corrected chi connectivity index (χ4v) is 5.12. The van der Waals surface area contributed by atoms with E-state index >= 15 is 0 Å². The van der Waals surface area contributed by atoms with Crippen molar-refractivity contribution in [3.8, 4) is 11.3 Å². The molecule has 1 saturated heterocycles. The lowest BCUT2D eigenvalue weighted by molar-refractivity contribution is -0.141. The van der Waals surface area contributed by atoms with Crippen LogP contribution in [0.25, 0.3) is 22.3 Å². The minimum absolute atomic E-state index is 0.0202. The van der Waals surface area contributed by atoms with Gasteiger partial charge in [0.15, 0.2) is 0 Å². The number of para-hydroxylation sites is 1. The molecule has 14 nitrogen and oxygen atoms in total.